The molecule has 1 unspecified atom stereocenters. The van der Waals surface area contributed by atoms with Crippen LogP contribution in [-0.4, -0.2) is 130 Å². The Balaban J connectivity index is 2.15. The molecule has 2 aliphatic heterocycles. The number of carbonyl (C=O) groups is 7. The highest BCUT2D eigenvalue weighted by molar-refractivity contribution is 5.73. The van der Waals surface area contributed by atoms with Crippen molar-refractivity contribution < 1.29 is 66.7 Å². The van der Waals surface area contributed by atoms with Crippen LogP contribution in [0.5, 0.6) is 0 Å². The topological polar surface area (TPSA) is 191 Å². The average Bonchev–Trinajstić information content (AvgIpc) is 3.69. The van der Waals surface area contributed by atoms with Crippen molar-refractivity contribution in [2.24, 2.45) is 11.8 Å². The second-order valence-electron chi connectivity index (χ2n) is 21.8. The SMILES string of the molecule is CCCCCCCCC(=O)OCC(COC(=O)CCCCCCCC)CC(=O)OC[C@@H]1C[C@@H](OC(=O)CC(COC(=O)CCCCCCCC)COC(=O)CCCCCCCC)CN1C(=O)OCC1CCCCCN1C. The number of carbonyl (C=O) groups excluding carboxylic acids is 7. The number of hydrogen-bond acceptors (Lipinski definition) is 15. The summed E-state index contributed by atoms with van der Waals surface area (Å²) >= 11 is 0. The van der Waals surface area contributed by atoms with Gasteiger partial charge in [0, 0.05) is 50.0 Å². The van der Waals surface area contributed by atoms with Crippen molar-refractivity contribution in [3.63, 3.8) is 0 Å². The summed E-state index contributed by atoms with van der Waals surface area (Å²) < 4.78 is 40.2. The smallest absolute Gasteiger partial charge is 0.410 e. The Kier molecular flexibility index (Phi) is 40.3. The third-order valence-corrected chi connectivity index (χ3v) is 14.7. The van der Waals surface area contributed by atoms with Crippen LogP contribution in [-0.2, 0) is 61.9 Å². The first kappa shape index (κ1) is 68.2. The monoisotopic (exact) mass is 1080 g/mol. The zero-order chi connectivity index (χ0) is 55.4. The second-order valence-corrected chi connectivity index (χ2v) is 21.8. The van der Waals surface area contributed by atoms with Crippen LogP contribution in [0.4, 0.5) is 4.79 Å². The van der Waals surface area contributed by atoms with Gasteiger partial charge in [-0.05, 0) is 52.1 Å². The van der Waals surface area contributed by atoms with Crippen LogP contribution in [0.1, 0.15) is 252 Å². The van der Waals surface area contributed by atoms with Crippen LogP contribution in [0.25, 0.3) is 0 Å². The van der Waals surface area contributed by atoms with Crippen LogP contribution in [0.15, 0.2) is 0 Å². The lowest BCUT2D eigenvalue weighted by atomic mass is 10.1. The van der Waals surface area contributed by atoms with Gasteiger partial charge in [-0.2, -0.15) is 0 Å². The van der Waals surface area contributed by atoms with Gasteiger partial charge in [-0.1, -0.05) is 169 Å². The van der Waals surface area contributed by atoms with Gasteiger partial charge in [-0.3, -0.25) is 33.7 Å². The minimum Gasteiger partial charge on any atom is -0.465 e. The summed E-state index contributed by atoms with van der Waals surface area (Å²) in [6.45, 7) is 8.98. The van der Waals surface area contributed by atoms with Crippen LogP contribution in [0.3, 0.4) is 0 Å². The molecule has 0 aromatic heterocycles. The molecule has 0 aromatic carbocycles. The van der Waals surface area contributed by atoms with Gasteiger partial charge in [0.25, 0.3) is 0 Å². The molecular weight excluding hydrogens is 973 g/mol. The fourth-order valence-electron chi connectivity index (χ4n) is 9.74. The maximum absolute atomic E-state index is 13.9. The quantitative estimate of drug-likeness (QED) is 0.0318. The first-order valence-electron chi connectivity index (χ1n) is 30.5. The summed E-state index contributed by atoms with van der Waals surface area (Å²) in [5, 5.41) is 0. The maximum atomic E-state index is 13.9. The summed E-state index contributed by atoms with van der Waals surface area (Å²) in [7, 11) is 2.03. The molecular formula is C60H106N2O14. The van der Waals surface area contributed by atoms with Crippen molar-refractivity contribution in [1.82, 2.24) is 9.80 Å². The van der Waals surface area contributed by atoms with Crippen LogP contribution >= 0.6 is 0 Å². The molecule has 76 heavy (non-hydrogen) atoms. The number of esters is 6. The fraction of sp³-hybridized carbons (Fsp3) is 0.883. The Hall–Kier alpha value is -3.95. The number of likely N-dealkylation sites (N-methyl/N-ethyl adjacent to an activating group) is 1. The number of unbranched alkanes of at least 4 members (excludes halogenated alkanes) is 20. The van der Waals surface area contributed by atoms with E-state index in [1.807, 2.05) is 7.05 Å². The third-order valence-electron chi connectivity index (χ3n) is 14.7. The van der Waals surface area contributed by atoms with E-state index in [9.17, 15) is 33.6 Å². The average molecular weight is 1080 g/mol. The molecule has 1 amide bonds. The van der Waals surface area contributed by atoms with E-state index in [1.54, 1.807) is 0 Å². The van der Waals surface area contributed by atoms with E-state index in [0.717, 1.165) is 161 Å². The van der Waals surface area contributed by atoms with E-state index in [0.29, 0.717) is 25.7 Å². The molecule has 2 saturated heterocycles. The van der Waals surface area contributed by atoms with Crippen molar-refractivity contribution in [3.8, 4) is 0 Å². The highest BCUT2D eigenvalue weighted by Crippen LogP contribution is 2.25. The van der Waals surface area contributed by atoms with Crippen molar-refractivity contribution in [3.05, 3.63) is 0 Å². The van der Waals surface area contributed by atoms with Gasteiger partial charge in [0.15, 0.2) is 0 Å². The van der Waals surface area contributed by atoms with E-state index < -0.39 is 42.0 Å². The summed E-state index contributed by atoms with van der Waals surface area (Å²) in [4.78, 5) is 95.9. The van der Waals surface area contributed by atoms with Gasteiger partial charge in [-0.15, -0.1) is 0 Å². The van der Waals surface area contributed by atoms with E-state index in [4.69, 9.17) is 33.2 Å². The highest BCUT2D eigenvalue weighted by Gasteiger charge is 2.40. The third kappa shape index (κ3) is 34.7. The molecule has 440 valence electrons. The van der Waals surface area contributed by atoms with Gasteiger partial charge in [0.2, 0.25) is 0 Å². The Morgan fingerprint density at radius 3 is 1.22 bits per heavy atom. The molecule has 0 radical (unpaired) electrons. The molecule has 16 heteroatoms. The molecule has 0 N–H and O–H groups in total. The number of rotatable bonds is 45. The lowest BCUT2D eigenvalue weighted by molar-refractivity contribution is -0.157. The highest BCUT2D eigenvalue weighted by atomic mass is 16.6. The molecule has 2 aliphatic rings. The summed E-state index contributed by atoms with van der Waals surface area (Å²) in [5.41, 5.74) is 0. The number of hydrogen-bond donors (Lipinski definition) is 0. The lowest BCUT2D eigenvalue weighted by Crippen LogP contribution is -2.42. The van der Waals surface area contributed by atoms with E-state index in [2.05, 4.69) is 32.6 Å². The van der Waals surface area contributed by atoms with Crippen LogP contribution in [0, 0.1) is 11.8 Å². The Labute approximate surface area is 459 Å². The Morgan fingerprint density at radius 2 is 0.803 bits per heavy atom. The molecule has 3 atom stereocenters. The summed E-state index contributed by atoms with van der Waals surface area (Å²) in [5.74, 6) is -4.02. The summed E-state index contributed by atoms with van der Waals surface area (Å²) in [6, 6.07) is -0.654. The molecule has 0 aromatic rings. The Morgan fingerprint density at radius 1 is 0.421 bits per heavy atom. The van der Waals surface area contributed by atoms with E-state index >= 15 is 0 Å². The molecule has 2 rings (SSSR count). The largest absolute Gasteiger partial charge is 0.465 e. The lowest BCUT2D eigenvalue weighted by Gasteiger charge is -2.28. The zero-order valence-corrected chi connectivity index (χ0v) is 48.4. The normalized spacial score (nSPS) is 16.8. The molecule has 16 nitrogen and oxygen atoms in total. The van der Waals surface area contributed by atoms with Gasteiger partial charge in [0.1, 0.15) is 19.3 Å². The van der Waals surface area contributed by atoms with Gasteiger partial charge in [-0.25, -0.2) is 4.79 Å². The van der Waals surface area contributed by atoms with Gasteiger partial charge >= 0.3 is 41.9 Å². The van der Waals surface area contributed by atoms with Crippen molar-refractivity contribution >= 4 is 41.9 Å². The van der Waals surface area contributed by atoms with E-state index in [1.165, 1.54) is 4.90 Å². The maximum Gasteiger partial charge on any atom is 0.410 e. The number of ether oxygens (including phenoxy) is 7. The Bertz CT molecular complexity index is 1510. The van der Waals surface area contributed by atoms with Crippen molar-refractivity contribution in [2.75, 3.05) is 59.8 Å². The second kappa shape index (κ2) is 45.0. The molecule has 2 heterocycles. The fourth-order valence-corrected chi connectivity index (χ4v) is 9.74. The predicted molar refractivity (Wildman–Crippen MR) is 294 cm³/mol. The first-order chi connectivity index (χ1) is 36.9. The van der Waals surface area contributed by atoms with Crippen molar-refractivity contribution in [2.45, 2.75) is 271 Å². The number of likely N-dealkylation sites (tertiary alicyclic amines) is 2. The van der Waals surface area contributed by atoms with E-state index in [-0.39, 0.29) is 121 Å². The zero-order valence-electron chi connectivity index (χ0n) is 48.4. The van der Waals surface area contributed by atoms with Gasteiger partial charge in [0.05, 0.1) is 51.9 Å². The van der Waals surface area contributed by atoms with Gasteiger partial charge < -0.3 is 38.1 Å². The number of nitrogens with zero attached hydrogens (tertiary/aromatic N) is 2. The van der Waals surface area contributed by atoms with Crippen LogP contribution in [0.2, 0.25) is 0 Å². The molecule has 0 spiro atoms. The van der Waals surface area contributed by atoms with Crippen LogP contribution < -0.4 is 0 Å². The predicted octanol–water partition coefficient (Wildman–Crippen LogP) is 12.7. The molecule has 0 aliphatic carbocycles. The molecule has 0 bridgehead atoms. The molecule has 2 fully saturated rings. The standard InChI is InChI=1S/C60H106N2O14/c1-6-10-14-18-22-28-34-54(63)70-43-49(44-71-55(64)35-29-23-19-15-11-7-2)39-58(67)74-48-52-41-53(42-62(52)60(69)75-47-51-33-27-26-32-38-61(51)5)76-59(68)40-50(45-72-56(65)36-30-24-20-16-12-8-3)46-73-57(66)37-31-25-21-17-13-9-4/h49-53H,6-48H2,1-5H3/t51?,52-,53+/m0/s1. The minimum atomic E-state index is -0.777. The number of amides is 1. The minimum absolute atomic E-state index is 0.00974. The summed E-state index contributed by atoms with van der Waals surface area (Å²) in [6.07, 6.45) is 28.0. The first-order valence-corrected chi connectivity index (χ1v) is 30.5. The molecule has 0 saturated carbocycles. The van der Waals surface area contributed by atoms with Crippen molar-refractivity contribution in [1.29, 1.82) is 0 Å².